The van der Waals surface area contributed by atoms with Gasteiger partial charge in [0.2, 0.25) is 0 Å². The predicted molar refractivity (Wildman–Crippen MR) is 236 cm³/mol. The quantitative estimate of drug-likeness (QED) is 0.102. The summed E-state index contributed by atoms with van der Waals surface area (Å²) in [5.41, 5.74) is 5.30. The van der Waals surface area contributed by atoms with Crippen molar-refractivity contribution in [2.75, 3.05) is 6.61 Å². The molecule has 58 heavy (non-hydrogen) atoms. The van der Waals surface area contributed by atoms with Crippen LogP contribution in [-0.4, -0.2) is 49.8 Å². The van der Waals surface area contributed by atoms with Gasteiger partial charge in [0.05, 0.1) is 12.7 Å². The van der Waals surface area contributed by atoms with Crippen molar-refractivity contribution >= 4 is 54.2 Å². The van der Waals surface area contributed by atoms with Crippen LogP contribution in [0, 0.1) is 17.8 Å². The normalized spacial score (nSPS) is 21.2. The standard InChI is InChI=1S/C50H53BO6Si/c1-5-16-33(29-34-26-27-44(52)39-22-13-12-21-38(34)39)25-28-45-46-35(32-56-58(50(2,3)4,36-17-8-6-9-18-36)37-19-10-7-11-20-37)30-42-47(43(46)31-51(55)57-45)49(54)41-24-15-14-23-40(41)48(42)53/h6-15,17-24,26-27,29,42-43,45,47,52,55H,5,16,25,28,30-32H2,1-4H3/b33-29+/t42-,43+,45-,47-/m1/s1. The molecule has 0 unspecified atom stereocenters. The Labute approximate surface area is 343 Å². The Morgan fingerprint density at radius 3 is 2.03 bits per heavy atom. The zero-order chi connectivity index (χ0) is 40.6. The van der Waals surface area contributed by atoms with E-state index in [-0.39, 0.29) is 34.6 Å². The average molecular weight is 789 g/mol. The number of rotatable bonds is 11. The number of phenolic OH excluding ortho intramolecular Hbond substituents is 1. The third-order valence-corrected chi connectivity index (χ3v) is 17.8. The van der Waals surface area contributed by atoms with E-state index >= 15 is 0 Å². The van der Waals surface area contributed by atoms with Gasteiger partial charge in [0.25, 0.3) is 8.32 Å². The largest absolute Gasteiger partial charge is 0.507 e. The van der Waals surface area contributed by atoms with E-state index < -0.39 is 33.4 Å². The zero-order valence-corrected chi connectivity index (χ0v) is 35.0. The number of fused-ring (bicyclic) bond motifs is 5. The van der Waals surface area contributed by atoms with Crippen molar-refractivity contribution in [1.29, 1.82) is 0 Å². The van der Waals surface area contributed by atoms with E-state index in [9.17, 15) is 19.7 Å². The second-order valence-corrected chi connectivity index (χ2v) is 21.7. The fourth-order valence-electron chi connectivity index (χ4n) is 10.3. The molecule has 0 spiro atoms. The van der Waals surface area contributed by atoms with Gasteiger partial charge < -0.3 is 19.2 Å². The number of hydrogen-bond acceptors (Lipinski definition) is 6. The number of phenols is 1. The number of hydrogen-bond donors (Lipinski definition) is 2. The highest BCUT2D eigenvalue weighted by atomic mass is 28.4. The molecular formula is C50H53BO6Si. The van der Waals surface area contributed by atoms with Gasteiger partial charge in [-0.15, -0.1) is 0 Å². The third-order valence-electron chi connectivity index (χ3n) is 12.8. The van der Waals surface area contributed by atoms with Crippen molar-refractivity contribution in [3.05, 3.63) is 155 Å². The Balaban J connectivity index is 1.22. The summed E-state index contributed by atoms with van der Waals surface area (Å²) < 4.78 is 14.1. The zero-order valence-electron chi connectivity index (χ0n) is 34.0. The van der Waals surface area contributed by atoms with Gasteiger partial charge in [-0.1, -0.05) is 161 Å². The van der Waals surface area contributed by atoms with Crippen molar-refractivity contribution in [3.63, 3.8) is 0 Å². The number of benzene rings is 5. The van der Waals surface area contributed by atoms with Gasteiger partial charge in [-0.25, -0.2) is 0 Å². The average Bonchev–Trinajstić information content (AvgIpc) is 3.23. The SMILES string of the molecule is CCC/C(=C\c1ccc(O)c2ccccc12)CC[C@H]1OB(O)C[C@H]2C1=C(CO[Si](c1ccccc1)(c1ccccc1)C(C)(C)C)C[C@H]1C(=O)c3ccccc3C(=O)[C@H]12. The molecule has 5 aromatic rings. The van der Waals surface area contributed by atoms with Gasteiger partial charge in [-0.2, -0.15) is 0 Å². The number of ketones is 2. The van der Waals surface area contributed by atoms with Gasteiger partial charge in [0.15, 0.2) is 11.6 Å². The summed E-state index contributed by atoms with van der Waals surface area (Å²) in [4.78, 5) is 29.0. The van der Waals surface area contributed by atoms with Gasteiger partial charge in [-0.3, -0.25) is 9.59 Å². The number of allylic oxidation sites excluding steroid dienone is 1. The van der Waals surface area contributed by atoms with Crippen molar-refractivity contribution < 1.29 is 28.8 Å². The molecule has 8 rings (SSSR count). The number of Topliss-reactive ketones (excluding diaryl/α,β-unsaturated/α-hetero) is 2. The number of carbonyl (C=O) groups is 2. The second kappa shape index (κ2) is 16.4. The lowest BCUT2D eigenvalue weighted by molar-refractivity contribution is 0.0591. The van der Waals surface area contributed by atoms with Crippen LogP contribution in [0.4, 0.5) is 0 Å². The summed E-state index contributed by atoms with van der Waals surface area (Å²) in [5.74, 6) is -1.26. The highest BCUT2D eigenvalue weighted by Gasteiger charge is 2.55. The summed E-state index contributed by atoms with van der Waals surface area (Å²) in [6, 6.07) is 40.0. The molecule has 3 aliphatic rings. The molecule has 2 aliphatic carbocycles. The van der Waals surface area contributed by atoms with Crippen molar-refractivity contribution in [2.24, 2.45) is 17.8 Å². The van der Waals surface area contributed by atoms with E-state index in [1.54, 1.807) is 18.2 Å². The van der Waals surface area contributed by atoms with Crippen molar-refractivity contribution in [2.45, 2.75) is 77.3 Å². The topological polar surface area (TPSA) is 93.1 Å². The minimum atomic E-state index is -2.98. The van der Waals surface area contributed by atoms with E-state index in [4.69, 9.17) is 9.08 Å². The first-order valence-corrected chi connectivity index (χ1v) is 22.8. The maximum Gasteiger partial charge on any atom is 0.455 e. The maximum atomic E-state index is 14.5. The van der Waals surface area contributed by atoms with E-state index in [0.29, 0.717) is 37.0 Å². The van der Waals surface area contributed by atoms with Crippen LogP contribution in [0.3, 0.4) is 0 Å². The van der Waals surface area contributed by atoms with Crippen LogP contribution in [-0.2, 0) is 9.08 Å². The monoisotopic (exact) mass is 788 g/mol. The van der Waals surface area contributed by atoms with E-state index in [1.165, 1.54) is 15.9 Å². The summed E-state index contributed by atoms with van der Waals surface area (Å²) in [6.45, 7) is 9.25. The molecule has 0 radical (unpaired) electrons. The lowest BCUT2D eigenvalue weighted by atomic mass is 9.54. The number of carbonyl (C=O) groups excluding carboxylic acids is 2. The predicted octanol–water partition coefficient (Wildman–Crippen LogP) is 9.59. The molecule has 6 nitrogen and oxygen atoms in total. The summed E-state index contributed by atoms with van der Waals surface area (Å²) >= 11 is 0. The Morgan fingerprint density at radius 2 is 1.40 bits per heavy atom. The van der Waals surface area contributed by atoms with Crippen LogP contribution in [0.5, 0.6) is 5.75 Å². The van der Waals surface area contributed by atoms with Crippen LogP contribution >= 0.6 is 0 Å². The molecule has 1 fully saturated rings. The first kappa shape index (κ1) is 39.9. The molecule has 1 heterocycles. The Bertz CT molecular complexity index is 2340. The van der Waals surface area contributed by atoms with Gasteiger partial charge >= 0.3 is 7.12 Å². The lowest BCUT2D eigenvalue weighted by Gasteiger charge is -2.48. The van der Waals surface area contributed by atoms with Crippen LogP contribution < -0.4 is 10.4 Å². The molecule has 296 valence electrons. The number of aromatic hydroxyl groups is 1. The maximum absolute atomic E-state index is 14.5. The Kier molecular flexibility index (Phi) is 11.3. The molecular weight excluding hydrogens is 735 g/mol. The summed E-state index contributed by atoms with van der Waals surface area (Å²) in [6.07, 6.45) is 5.57. The molecule has 5 aromatic carbocycles. The minimum absolute atomic E-state index is 0.00554. The lowest BCUT2D eigenvalue weighted by Crippen LogP contribution is -2.66. The van der Waals surface area contributed by atoms with Gasteiger partial charge in [0.1, 0.15) is 5.75 Å². The van der Waals surface area contributed by atoms with Gasteiger partial charge in [0, 0.05) is 28.3 Å². The smallest absolute Gasteiger partial charge is 0.455 e. The van der Waals surface area contributed by atoms with Crippen LogP contribution in [0.15, 0.2) is 138 Å². The minimum Gasteiger partial charge on any atom is -0.507 e. The van der Waals surface area contributed by atoms with Crippen molar-refractivity contribution in [1.82, 2.24) is 0 Å². The van der Waals surface area contributed by atoms with E-state index in [1.807, 2.05) is 54.6 Å². The molecule has 1 aliphatic heterocycles. The molecule has 4 atom stereocenters. The summed E-state index contributed by atoms with van der Waals surface area (Å²) in [7, 11) is -4.05. The summed E-state index contributed by atoms with van der Waals surface area (Å²) in [5, 5.41) is 25.9. The van der Waals surface area contributed by atoms with Crippen molar-refractivity contribution in [3.8, 4) is 5.75 Å². The van der Waals surface area contributed by atoms with Crippen LogP contribution in [0.1, 0.15) is 86.1 Å². The van der Waals surface area contributed by atoms with Gasteiger partial charge in [-0.05, 0) is 81.5 Å². The highest BCUT2D eigenvalue weighted by Crippen LogP contribution is 2.51. The molecule has 0 bridgehead atoms. The Hall–Kier alpha value is -4.86. The first-order chi connectivity index (χ1) is 28.0. The molecule has 0 amide bonds. The fourth-order valence-corrected chi connectivity index (χ4v) is 14.9. The Morgan fingerprint density at radius 1 is 0.793 bits per heavy atom. The highest BCUT2D eigenvalue weighted by molar-refractivity contribution is 6.99. The van der Waals surface area contributed by atoms with Crippen LogP contribution in [0.2, 0.25) is 11.4 Å². The first-order valence-electron chi connectivity index (χ1n) is 20.9. The molecule has 8 heteroatoms. The van der Waals surface area contributed by atoms with Crippen LogP contribution in [0.25, 0.3) is 16.8 Å². The molecule has 2 N–H and O–H groups in total. The fraction of sp³-hybridized carbons (Fsp3) is 0.320. The second-order valence-electron chi connectivity index (χ2n) is 17.4. The van der Waals surface area contributed by atoms with E-state index in [2.05, 4.69) is 82.3 Å². The molecule has 0 saturated carbocycles. The van der Waals surface area contributed by atoms with E-state index in [0.717, 1.165) is 40.3 Å². The molecule has 0 aromatic heterocycles. The molecule has 1 saturated heterocycles. The third kappa shape index (κ3) is 7.25.